The van der Waals surface area contributed by atoms with E-state index in [1.807, 2.05) is 24.3 Å². The molecule has 0 aliphatic rings. The Morgan fingerprint density at radius 2 is 1.55 bits per heavy atom. The topological polar surface area (TPSA) is 9.23 Å². The summed E-state index contributed by atoms with van der Waals surface area (Å²) < 4.78 is 42.3. The van der Waals surface area contributed by atoms with Crippen LogP contribution in [-0.4, -0.2) is 7.11 Å². The van der Waals surface area contributed by atoms with E-state index in [0.29, 0.717) is 5.75 Å². The molecule has 2 aromatic rings. The van der Waals surface area contributed by atoms with Crippen molar-refractivity contribution in [2.75, 3.05) is 7.11 Å². The SMILES string of the molecule is COc1ccc(SCc2ccc(C(F)(F)F)cc2)cc1. The molecule has 0 amide bonds. The van der Waals surface area contributed by atoms with Crippen LogP contribution in [0.3, 0.4) is 0 Å². The molecular weight excluding hydrogens is 285 g/mol. The van der Waals surface area contributed by atoms with Gasteiger partial charge in [-0.15, -0.1) is 11.8 Å². The zero-order valence-electron chi connectivity index (χ0n) is 10.8. The molecule has 0 atom stereocenters. The number of rotatable bonds is 4. The summed E-state index contributed by atoms with van der Waals surface area (Å²) in [5, 5.41) is 0. The number of halogens is 3. The number of hydrogen-bond acceptors (Lipinski definition) is 2. The minimum absolute atomic E-state index is 0.615. The lowest BCUT2D eigenvalue weighted by Gasteiger charge is -2.07. The zero-order valence-corrected chi connectivity index (χ0v) is 11.6. The number of methoxy groups -OCH3 is 1. The standard InChI is InChI=1S/C15H13F3OS/c1-19-13-6-8-14(9-7-13)20-10-11-2-4-12(5-3-11)15(16,17)18/h2-9H,10H2,1H3. The molecule has 2 rings (SSSR count). The van der Waals surface area contributed by atoms with Crippen molar-refractivity contribution >= 4 is 11.8 Å². The van der Waals surface area contributed by atoms with Gasteiger partial charge in [0.05, 0.1) is 12.7 Å². The fourth-order valence-corrected chi connectivity index (χ4v) is 2.48. The van der Waals surface area contributed by atoms with E-state index in [9.17, 15) is 13.2 Å². The second-order valence-electron chi connectivity index (χ2n) is 4.16. The van der Waals surface area contributed by atoms with Crippen LogP contribution in [0.2, 0.25) is 0 Å². The van der Waals surface area contributed by atoms with Gasteiger partial charge in [0.1, 0.15) is 5.75 Å². The number of benzene rings is 2. The Morgan fingerprint density at radius 3 is 2.05 bits per heavy atom. The van der Waals surface area contributed by atoms with Gasteiger partial charge in [0.15, 0.2) is 0 Å². The molecule has 106 valence electrons. The summed E-state index contributed by atoms with van der Waals surface area (Å²) in [6.45, 7) is 0. The number of alkyl halides is 3. The fourth-order valence-electron chi connectivity index (χ4n) is 1.63. The first kappa shape index (κ1) is 14.8. The van der Waals surface area contributed by atoms with Gasteiger partial charge in [-0.3, -0.25) is 0 Å². The van der Waals surface area contributed by atoms with Gasteiger partial charge in [-0.1, -0.05) is 12.1 Å². The van der Waals surface area contributed by atoms with Crippen molar-refractivity contribution in [1.29, 1.82) is 0 Å². The highest BCUT2D eigenvalue weighted by atomic mass is 32.2. The van der Waals surface area contributed by atoms with Crippen molar-refractivity contribution in [2.24, 2.45) is 0 Å². The van der Waals surface area contributed by atoms with E-state index in [0.717, 1.165) is 28.3 Å². The van der Waals surface area contributed by atoms with Gasteiger partial charge in [-0.2, -0.15) is 13.2 Å². The Labute approximate surface area is 119 Å². The predicted octanol–water partition coefficient (Wildman–Crippen LogP) is 5.01. The van der Waals surface area contributed by atoms with Crippen LogP contribution in [-0.2, 0) is 11.9 Å². The summed E-state index contributed by atoms with van der Waals surface area (Å²) in [6, 6.07) is 12.8. The van der Waals surface area contributed by atoms with Gasteiger partial charge in [-0.25, -0.2) is 0 Å². The van der Waals surface area contributed by atoms with Gasteiger partial charge in [0.2, 0.25) is 0 Å². The molecule has 0 spiro atoms. The Balaban J connectivity index is 1.96. The van der Waals surface area contributed by atoms with Crippen molar-refractivity contribution in [3.63, 3.8) is 0 Å². The Morgan fingerprint density at radius 1 is 0.950 bits per heavy atom. The molecule has 0 radical (unpaired) electrons. The van der Waals surface area contributed by atoms with Crippen molar-refractivity contribution in [1.82, 2.24) is 0 Å². The predicted molar refractivity (Wildman–Crippen MR) is 74.0 cm³/mol. The zero-order chi connectivity index (χ0) is 14.6. The summed E-state index contributed by atoms with van der Waals surface area (Å²) in [7, 11) is 1.60. The van der Waals surface area contributed by atoms with Crippen molar-refractivity contribution in [3.8, 4) is 5.75 Å². The Kier molecular flexibility index (Phi) is 4.60. The van der Waals surface area contributed by atoms with Gasteiger partial charge >= 0.3 is 6.18 Å². The first-order chi connectivity index (χ1) is 9.49. The number of hydrogen-bond donors (Lipinski definition) is 0. The van der Waals surface area contributed by atoms with Crippen molar-refractivity contribution in [2.45, 2.75) is 16.8 Å². The van der Waals surface area contributed by atoms with Crippen LogP contribution in [0, 0.1) is 0 Å². The van der Waals surface area contributed by atoms with Crippen LogP contribution in [0.1, 0.15) is 11.1 Å². The number of thioether (sulfide) groups is 1. The quantitative estimate of drug-likeness (QED) is 0.734. The van der Waals surface area contributed by atoms with Crippen LogP contribution in [0.25, 0.3) is 0 Å². The third-order valence-electron chi connectivity index (χ3n) is 2.75. The molecule has 0 fully saturated rings. The lowest BCUT2D eigenvalue weighted by Crippen LogP contribution is -2.04. The molecule has 0 heterocycles. The molecule has 0 N–H and O–H groups in total. The maximum Gasteiger partial charge on any atom is 0.416 e. The molecule has 0 aliphatic heterocycles. The number of ether oxygens (including phenoxy) is 1. The third kappa shape index (κ3) is 3.93. The van der Waals surface area contributed by atoms with E-state index in [1.165, 1.54) is 12.1 Å². The first-order valence-corrected chi connectivity index (χ1v) is 6.90. The molecule has 1 nitrogen and oxygen atoms in total. The minimum Gasteiger partial charge on any atom is -0.497 e. The summed E-state index contributed by atoms with van der Waals surface area (Å²) in [4.78, 5) is 1.05. The highest BCUT2D eigenvalue weighted by Crippen LogP contribution is 2.30. The average Bonchev–Trinajstić information content (AvgIpc) is 2.45. The summed E-state index contributed by atoms with van der Waals surface area (Å²) in [5.74, 6) is 1.41. The Hall–Kier alpha value is -1.62. The molecule has 2 aromatic carbocycles. The average molecular weight is 298 g/mol. The fraction of sp³-hybridized carbons (Fsp3) is 0.200. The van der Waals surface area contributed by atoms with Gasteiger partial charge in [0.25, 0.3) is 0 Å². The largest absolute Gasteiger partial charge is 0.497 e. The molecule has 0 bridgehead atoms. The molecular formula is C15H13F3OS. The van der Waals surface area contributed by atoms with E-state index in [2.05, 4.69) is 0 Å². The van der Waals surface area contributed by atoms with E-state index < -0.39 is 11.7 Å². The van der Waals surface area contributed by atoms with Crippen LogP contribution in [0.4, 0.5) is 13.2 Å². The lowest BCUT2D eigenvalue weighted by molar-refractivity contribution is -0.137. The molecule has 0 aliphatic carbocycles. The molecule has 5 heteroatoms. The molecule has 0 saturated carbocycles. The minimum atomic E-state index is -4.28. The smallest absolute Gasteiger partial charge is 0.416 e. The van der Waals surface area contributed by atoms with Gasteiger partial charge < -0.3 is 4.74 Å². The van der Waals surface area contributed by atoms with Crippen LogP contribution in [0.5, 0.6) is 5.75 Å². The normalized spacial score (nSPS) is 11.4. The van der Waals surface area contributed by atoms with Crippen LogP contribution >= 0.6 is 11.8 Å². The monoisotopic (exact) mass is 298 g/mol. The summed E-state index contributed by atoms with van der Waals surface area (Å²) in [5.41, 5.74) is 0.245. The molecule has 20 heavy (non-hydrogen) atoms. The third-order valence-corrected chi connectivity index (χ3v) is 3.83. The first-order valence-electron chi connectivity index (χ1n) is 5.92. The Bertz CT molecular complexity index is 547. The van der Waals surface area contributed by atoms with Crippen molar-refractivity contribution < 1.29 is 17.9 Å². The van der Waals surface area contributed by atoms with E-state index >= 15 is 0 Å². The second kappa shape index (κ2) is 6.22. The maximum atomic E-state index is 12.4. The van der Waals surface area contributed by atoms with Gasteiger partial charge in [-0.05, 0) is 42.0 Å². The molecule has 0 unspecified atom stereocenters. The van der Waals surface area contributed by atoms with E-state index in [4.69, 9.17) is 4.74 Å². The second-order valence-corrected chi connectivity index (χ2v) is 5.21. The highest BCUT2D eigenvalue weighted by molar-refractivity contribution is 7.98. The van der Waals surface area contributed by atoms with E-state index in [1.54, 1.807) is 18.9 Å². The van der Waals surface area contributed by atoms with Crippen LogP contribution in [0.15, 0.2) is 53.4 Å². The van der Waals surface area contributed by atoms with Crippen molar-refractivity contribution in [3.05, 3.63) is 59.7 Å². The summed E-state index contributed by atoms with van der Waals surface area (Å²) >= 11 is 1.57. The van der Waals surface area contributed by atoms with Crippen LogP contribution < -0.4 is 4.74 Å². The van der Waals surface area contributed by atoms with Gasteiger partial charge in [0, 0.05) is 10.6 Å². The molecule has 0 aromatic heterocycles. The maximum absolute atomic E-state index is 12.4. The lowest BCUT2D eigenvalue weighted by atomic mass is 10.1. The summed E-state index contributed by atoms with van der Waals surface area (Å²) in [6.07, 6.45) is -4.28. The molecule has 0 saturated heterocycles. The highest BCUT2D eigenvalue weighted by Gasteiger charge is 2.29. The van der Waals surface area contributed by atoms with E-state index in [-0.39, 0.29) is 0 Å².